The number of aromatic nitrogens is 4. The van der Waals surface area contributed by atoms with Crippen LogP contribution in [0, 0.1) is 0 Å². The number of carbonyl (C=O) groups excluding carboxylic acids is 1. The Hall–Kier alpha value is -2.59. The van der Waals surface area contributed by atoms with Gasteiger partial charge in [-0.1, -0.05) is 17.8 Å². The van der Waals surface area contributed by atoms with E-state index in [9.17, 15) is 4.79 Å². The van der Waals surface area contributed by atoms with Gasteiger partial charge in [-0.3, -0.25) is 4.79 Å². The third kappa shape index (κ3) is 4.33. The highest BCUT2D eigenvalue weighted by Crippen LogP contribution is 2.29. The van der Waals surface area contributed by atoms with Crippen LogP contribution in [0.25, 0.3) is 5.69 Å². The smallest absolute Gasteiger partial charge is 0.230 e. The largest absolute Gasteiger partial charge is 0.497 e. The highest BCUT2D eigenvalue weighted by atomic mass is 32.2. The van der Waals surface area contributed by atoms with Crippen LogP contribution in [0.1, 0.15) is 4.88 Å². The van der Waals surface area contributed by atoms with E-state index < -0.39 is 0 Å². The van der Waals surface area contributed by atoms with Crippen molar-refractivity contribution in [3.63, 3.8) is 0 Å². The summed E-state index contributed by atoms with van der Waals surface area (Å²) in [6.45, 7) is 0.520. The van der Waals surface area contributed by atoms with Crippen molar-refractivity contribution in [2.45, 2.75) is 11.7 Å². The Kier molecular flexibility index (Phi) is 6.08. The fraction of sp³-hybridized carbons (Fsp3) is 0.250. The van der Waals surface area contributed by atoms with Crippen molar-refractivity contribution in [2.24, 2.45) is 0 Å². The van der Waals surface area contributed by atoms with Gasteiger partial charge in [0.25, 0.3) is 0 Å². The highest BCUT2D eigenvalue weighted by Gasteiger charge is 2.16. The Morgan fingerprint density at radius 2 is 2.19 bits per heavy atom. The molecule has 10 heteroatoms. The molecule has 0 fully saturated rings. The Morgan fingerprint density at radius 3 is 2.92 bits per heavy atom. The molecule has 0 aliphatic carbocycles. The molecule has 8 nitrogen and oxygen atoms in total. The quantitative estimate of drug-likeness (QED) is 0.588. The van der Waals surface area contributed by atoms with Gasteiger partial charge in [-0.05, 0) is 34.0 Å². The maximum atomic E-state index is 12.1. The molecule has 26 heavy (non-hydrogen) atoms. The van der Waals surface area contributed by atoms with Crippen LogP contribution < -0.4 is 14.8 Å². The summed E-state index contributed by atoms with van der Waals surface area (Å²) >= 11 is 2.85. The van der Waals surface area contributed by atoms with Crippen LogP contribution in [0.4, 0.5) is 0 Å². The number of nitrogens with one attached hydrogen (secondary N) is 1. The number of hydrogen-bond donors (Lipinski definition) is 1. The molecule has 0 spiro atoms. The van der Waals surface area contributed by atoms with E-state index >= 15 is 0 Å². The standard InChI is InChI=1S/C16H17N5O3S2/c1-23-11-5-6-14(24-2)13(8-11)21-16(18-19-20-21)26-10-15(22)17-9-12-4-3-7-25-12/h3-8H,9-10H2,1-2H3,(H,17,22). The van der Waals surface area contributed by atoms with E-state index in [0.717, 1.165) is 4.88 Å². The van der Waals surface area contributed by atoms with Gasteiger partial charge in [0.15, 0.2) is 0 Å². The second-order valence-corrected chi connectivity index (χ2v) is 7.03. The fourth-order valence-corrected chi connectivity index (χ4v) is 3.52. The molecule has 1 amide bonds. The number of rotatable bonds is 8. The number of thiophene rings is 1. The molecule has 0 aliphatic rings. The number of amides is 1. The third-order valence-electron chi connectivity index (χ3n) is 3.43. The number of carbonyl (C=O) groups is 1. The van der Waals surface area contributed by atoms with Gasteiger partial charge in [-0.15, -0.1) is 16.4 Å². The molecule has 0 radical (unpaired) electrons. The lowest BCUT2D eigenvalue weighted by Gasteiger charge is -2.11. The van der Waals surface area contributed by atoms with Crippen molar-refractivity contribution in [1.29, 1.82) is 0 Å². The first-order valence-electron chi connectivity index (χ1n) is 7.64. The number of nitrogens with zero attached hydrogens (tertiary/aromatic N) is 4. The minimum atomic E-state index is -0.0874. The number of benzene rings is 1. The van der Waals surface area contributed by atoms with Gasteiger partial charge in [-0.25, -0.2) is 0 Å². The molecule has 0 saturated heterocycles. The minimum absolute atomic E-state index is 0.0874. The summed E-state index contributed by atoms with van der Waals surface area (Å²) < 4.78 is 12.1. The molecule has 0 saturated carbocycles. The normalized spacial score (nSPS) is 10.5. The van der Waals surface area contributed by atoms with Crippen LogP contribution in [0.2, 0.25) is 0 Å². The van der Waals surface area contributed by atoms with Crippen molar-refractivity contribution in [1.82, 2.24) is 25.5 Å². The number of methoxy groups -OCH3 is 2. The molecule has 1 N–H and O–H groups in total. The lowest BCUT2D eigenvalue weighted by molar-refractivity contribution is -0.118. The SMILES string of the molecule is COc1ccc(OC)c(-n2nnnc2SCC(=O)NCc2cccs2)c1. The lowest BCUT2D eigenvalue weighted by atomic mass is 10.3. The monoisotopic (exact) mass is 391 g/mol. The summed E-state index contributed by atoms with van der Waals surface area (Å²) in [5.74, 6) is 1.37. The zero-order chi connectivity index (χ0) is 18.4. The second kappa shape index (κ2) is 8.68. The van der Waals surface area contributed by atoms with E-state index in [-0.39, 0.29) is 11.7 Å². The summed E-state index contributed by atoms with van der Waals surface area (Å²) in [5, 5.41) is 17.1. The molecular formula is C16H17N5O3S2. The van der Waals surface area contributed by atoms with E-state index in [2.05, 4.69) is 20.8 Å². The van der Waals surface area contributed by atoms with E-state index in [1.165, 1.54) is 16.4 Å². The summed E-state index contributed by atoms with van der Waals surface area (Å²) in [6, 6.07) is 9.27. The second-order valence-electron chi connectivity index (χ2n) is 5.06. The van der Waals surface area contributed by atoms with Crippen molar-refractivity contribution in [2.75, 3.05) is 20.0 Å². The topological polar surface area (TPSA) is 91.2 Å². The molecule has 1 aromatic carbocycles. The zero-order valence-electron chi connectivity index (χ0n) is 14.2. The van der Waals surface area contributed by atoms with Crippen LogP contribution in [-0.2, 0) is 11.3 Å². The summed E-state index contributed by atoms with van der Waals surface area (Å²) in [5.41, 5.74) is 0.637. The number of hydrogen-bond acceptors (Lipinski definition) is 8. The highest BCUT2D eigenvalue weighted by molar-refractivity contribution is 7.99. The number of thioether (sulfide) groups is 1. The maximum absolute atomic E-state index is 12.1. The molecule has 3 aromatic rings. The first-order valence-corrected chi connectivity index (χ1v) is 9.50. The molecule has 0 unspecified atom stereocenters. The maximum Gasteiger partial charge on any atom is 0.230 e. The summed E-state index contributed by atoms with van der Waals surface area (Å²) in [4.78, 5) is 13.2. The van der Waals surface area contributed by atoms with E-state index in [1.54, 1.807) is 43.8 Å². The molecule has 0 atom stereocenters. The summed E-state index contributed by atoms with van der Waals surface area (Å²) in [7, 11) is 3.15. The predicted octanol–water partition coefficient (Wildman–Crippen LogP) is 2.15. The molecule has 0 bridgehead atoms. The van der Waals surface area contributed by atoms with Crippen LogP contribution in [0.15, 0.2) is 40.9 Å². The third-order valence-corrected chi connectivity index (χ3v) is 5.22. The molecule has 0 aliphatic heterocycles. The van der Waals surface area contributed by atoms with Crippen LogP contribution in [-0.4, -0.2) is 46.1 Å². The van der Waals surface area contributed by atoms with Crippen LogP contribution in [0.3, 0.4) is 0 Å². The average molecular weight is 391 g/mol. The Bertz CT molecular complexity index is 867. The molecule has 3 rings (SSSR count). The lowest BCUT2D eigenvalue weighted by Crippen LogP contribution is -2.24. The molecular weight excluding hydrogens is 374 g/mol. The Morgan fingerprint density at radius 1 is 1.31 bits per heavy atom. The first-order chi connectivity index (χ1) is 12.7. The number of ether oxygens (including phenoxy) is 2. The predicted molar refractivity (Wildman–Crippen MR) is 99.1 cm³/mol. The van der Waals surface area contributed by atoms with Gasteiger partial charge in [0.1, 0.15) is 17.2 Å². The van der Waals surface area contributed by atoms with Gasteiger partial charge < -0.3 is 14.8 Å². The Labute approximate surface area is 158 Å². The van der Waals surface area contributed by atoms with E-state index in [0.29, 0.717) is 28.9 Å². The number of tetrazole rings is 1. The van der Waals surface area contributed by atoms with E-state index in [1.807, 2.05) is 17.5 Å². The van der Waals surface area contributed by atoms with Crippen molar-refractivity contribution in [3.05, 3.63) is 40.6 Å². The van der Waals surface area contributed by atoms with Gasteiger partial charge in [-0.2, -0.15) is 4.68 Å². The van der Waals surface area contributed by atoms with Crippen molar-refractivity contribution < 1.29 is 14.3 Å². The zero-order valence-corrected chi connectivity index (χ0v) is 15.8. The fourth-order valence-electron chi connectivity index (χ4n) is 2.16. The summed E-state index contributed by atoms with van der Waals surface area (Å²) in [6.07, 6.45) is 0. The van der Waals surface area contributed by atoms with Gasteiger partial charge >= 0.3 is 0 Å². The molecule has 2 heterocycles. The molecule has 136 valence electrons. The van der Waals surface area contributed by atoms with Crippen LogP contribution in [0.5, 0.6) is 11.5 Å². The average Bonchev–Trinajstić information content (AvgIpc) is 3.35. The van der Waals surface area contributed by atoms with Crippen molar-refractivity contribution >= 4 is 29.0 Å². The van der Waals surface area contributed by atoms with Gasteiger partial charge in [0, 0.05) is 10.9 Å². The first kappa shape index (κ1) is 18.2. The minimum Gasteiger partial charge on any atom is -0.497 e. The van der Waals surface area contributed by atoms with Crippen molar-refractivity contribution in [3.8, 4) is 17.2 Å². The van der Waals surface area contributed by atoms with Gasteiger partial charge in [0.2, 0.25) is 11.1 Å². The van der Waals surface area contributed by atoms with Gasteiger partial charge in [0.05, 0.1) is 26.5 Å². The van der Waals surface area contributed by atoms with Crippen LogP contribution >= 0.6 is 23.1 Å². The Balaban J connectivity index is 1.68. The molecule has 2 aromatic heterocycles. The van der Waals surface area contributed by atoms with E-state index in [4.69, 9.17) is 9.47 Å².